The van der Waals surface area contributed by atoms with Crippen LogP contribution in [0.15, 0.2) is 39.7 Å². The number of aromatic nitrogens is 2. The fourth-order valence-corrected chi connectivity index (χ4v) is 2.47. The molecule has 1 heterocycles. The lowest BCUT2D eigenvalue weighted by molar-refractivity contribution is 0.613. The quantitative estimate of drug-likeness (QED) is 0.913. The number of anilines is 1. The fourth-order valence-electron chi connectivity index (χ4n) is 2.02. The molecule has 2 rings (SSSR count). The molecule has 0 unspecified atom stereocenters. The van der Waals surface area contributed by atoms with Crippen molar-refractivity contribution in [2.75, 3.05) is 11.9 Å². The van der Waals surface area contributed by atoms with Gasteiger partial charge in [0, 0.05) is 13.1 Å². The Hall–Kier alpha value is -1.62. The molecule has 0 radical (unpaired) electrons. The van der Waals surface area contributed by atoms with Crippen molar-refractivity contribution in [1.82, 2.24) is 9.78 Å². The average molecular weight is 336 g/mol. The van der Waals surface area contributed by atoms with E-state index < -0.39 is 0 Å². The Kier molecular flexibility index (Phi) is 4.95. The monoisotopic (exact) mass is 335 g/mol. The Bertz CT molecular complexity index is 652. The average Bonchev–Trinajstić information content (AvgIpc) is 2.44. The van der Waals surface area contributed by atoms with Crippen molar-refractivity contribution in [3.63, 3.8) is 0 Å². The summed E-state index contributed by atoms with van der Waals surface area (Å²) in [5.74, 6) is 0. The van der Waals surface area contributed by atoms with Gasteiger partial charge in [0.2, 0.25) is 0 Å². The molecule has 0 atom stereocenters. The van der Waals surface area contributed by atoms with Gasteiger partial charge in [0.05, 0.1) is 11.9 Å². The molecular formula is C15H18BrN3O. The van der Waals surface area contributed by atoms with Crippen LogP contribution >= 0.6 is 15.9 Å². The van der Waals surface area contributed by atoms with Crippen LogP contribution in [0.2, 0.25) is 0 Å². The third-order valence-electron chi connectivity index (χ3n) is 3.10. The number of hydrogen-bond donors (Lipinski definition) is 1. The molecule has 0 saturated carbocycles. The molecular weight excluding hydrogens is 318 g/mol. The summed E-state index contributed by atoms with van der Waals surface area (Å²) < 4.78 is 1.97. The highest BCUT2D eigenvalue weighted by Crippen LogP contribution is 2.16. The van der Waals surface area contributed by atoms with Crippen molar-refractivity contribution in [3.05, 3.63) is 56.4 Å². The van der Waals surface area contributed by atoms with Crippen LogP contribution in [0.3, 0.4) is 0 Å². The number of nitrogens with one attached hydrogen (secondary N) is 1. The van der Waals surface area contributed by atoms with Gasteiger partial charge in [0.25, 0.3) is 5.56 Å². The summed E-state index contributed by atoms with van der Waals surface area (Å²) in [5.41, 5.74) is 3.18. The molecule has 0 aliphatic heterocycles. The molecule has 1 aromatic carbocycles. The second-order valence-corrected chi connectivity index (χ2v) is 5.45. The van der Waals surface area contributed by atoms with E-state index in [4.69, 9.17) is 0 Å². The molecule has 0 aliphatic carbocycles. The first kappa shape index (κ1) is 14.8. The van der Waals surface area contributed by atoms with Gasteiger partial charge in [-0.15, -0.1) is 0 Å². The summed E-state index contributed by atoms with van der Waals surface area (Å²) in [6.45, 7) is 5.31. The van der Waals surface area contributed by atoms with Gasteiger partial charge in [-0.25, -0.2) is 4.68 Å². The molecule has 106 valence electrons. The topological polar surface area (TPSA) is 46.9 Å². The van der Waals surface area contributed by atoms with Crippen molar-refractivity contribution in [2.45, 2.75) is 26.8 Å². The van der Waals surface area contributed by atoms with E-state index in [9.17, 15) is 4.79 Å². The first-order chi connectivity index (χ1) is 9.61. The lowest BCUT2D eigenvalue weighted by atomic mass is 10.1. The van der Waals surface area contributed by atoms with E-state index in [1.807, 2.05) is 6.92 Å². The van der Waals surface area contributed by atoms with E-state index in [1.54, 1.807) is 6.20 Å². The molecule has 1 N–H and O–H groups in total. The zero-order valence-electron chi connectivity index (χ0n) is 11.7. The maximum atomic E-state index is 11.9. The third-order valence-corrected chi connectivity index (χ3v) is 3.86. The largest absolute Gasteiger partial charge is 0.382 e. The number of halogens is 1. The van der Waals surface area contributed by atoms with Crippen LogP contribution in [0.1, 0.15) is 18.1 Å². The molecule has 0 aliphatic rings. The number of hydrogen-bond acceptors (Lipinski definition) is 3. The lowest BCUT2D eigenvalue weighted by Crippen LogP contribution is -2.23. The van der Waals surface area contributed by atoms with Gasteiger partial charge in [0.15, 0.2) is 0 Å². The van der Waals surface area contributed by atoms with Crippen molar-refractivity contribution < 1.29 is 0 Å². The summed E-state index contributed by atoms with van der Waals surface area (Å²) >= 11 is 3.33. The predicted molar refractivity (Wildman–Crippen MR) is 85.2 cm³/mol. The molecule has 0 spiro atoms. The van der Waals surface area contributed by atoms with E-state index in [0.717, 1.165) is 18.7 Å². The first-order valence-electron chi connectivity index (χ1n) is 6.67. The van der Waals surface area contributed by atoms with E-state index in [2.05, 4.69) is 57.5 Å². The Labute approximate surface area is 127 Å². The van der Waals surface area contributed by atoms with Crippen molar-refractivity contribution in [3.8, 4) is 0 Å². The Morgan fingerprint density at radius 2 is 2.20 bits per heavy atom. The van der Waals surface area contributed by atoms with E-state index >= 15 is 0 Å². The summed E-state index contributed by atoms with van der Waals surface area (Å²) in [5, 5.41) is 7.36. The molecule has 20 heavy (non-hydrogen) atoms. The minimum absolute atomic E-state index is 0.104. The Morgan fingerprint density at radius 1 is 1.40 bits per heavy atom. The Morgan fingerprint density at radius 3 is 2.90 bits per heavy atom. The summed E-state index contributed by atoms with van der Waals surface area (Å²) in [4.78, 5) is 11.9. The standard InChI is InChI=1S/C15H18BrN3O/c1-3-19-15(20)14(16)13(10-18-19)17-8-7-12-6-4-5-11(2)9-12/h4-6,9-10,17H,3,7-8H2,1-2H3. The number of aryl methyl sites for hydroxylation is 2. The number of rotatable bonds is 5. The normalized spacial score (nSPS) is 10.6. The molecule has 0 saturated heterocycles. The van der Waals surface area contributed by atoms with Gasteiger partial charge >= 0.3 is 0 Å². The second kappa shape index (κ2) is 6.70. The molecule has 4 nitrogen and oxygen atoms in total. The zero-order chi connectivity index (χ0) is 14.5. The summed E-state index contributed by atoms with van der Waals surface area (Å²) in [7, 11) is 0. The molecule has 5 heteroatoms. The Balaban J connectivity index is 2.01. The van der Waals surface area contributed by atoms with Crippen LogP contribution in [0, 0.1) is 6.92 Å². The maximum absolute atomic E-state index is 11.9. The smallest absolute Gasteiger partial charge is 0.283 e. The second-order valence-electron chi connectivity index (χ2n) is 4.66. The van der Waals surface area contributed by atoms with Crippen LogP contribution in [-0.4, -0.2) is 16.3 Å². The van der Waals surface area contributed by atoms with Crippen molar-refractivity contribution in [2.24, 2.45) is 0 Å². The molecule has 1 aromatic heterocycles. The van der Waals surface area contributed by atoms with Gasteiger partial charge in [-0.05, 0) is 41.8 Å². The minimum Gasteiger partial charge on any atom is -0.382 e. The van der Waals surface area contributed by atoms with Crippen molar-refractivity contribution >= 4 is 21.6 Å². The van der Waals surface area contributed by atoms with Crippen molar-refractivity contribution in [1.29, 1.82) is 0 Å². The van der Waals surface area contributed by atoms with Crippen LogP contribution in [-0.2, 0) is 13.0 Å². The van der Waals surface area contributed by atoms with E-state index in [1.165, 1.54) is 15.8 Å². The zero-order valence-corrected chi connectivity index (χ0v) is 13.3. The summed E-state index contributed by atoms with van der Waals surface area (Å²) in [6, 6.07) is 8.42. The van der Waals surface area contributed by atoms with Crippen LogP contribution in [0.5, 0.6) is 0 Å². The number of benzene rings is 1. The fraction of sp³-hybridized carbons (Fsp3) is 0.333. The third kappa shape index (κ3) is 3.48. The van der Waals surface area contributed by atoms with Crippen LogP contribution < -0.4 is 10.9 Å². The first-order valence-corrected chi connectivity index (χ1v) is 7.46. The van der Waals surface area contributed by atoms with Gasteiger partial charge < -0.3 is 5.32 Å². The highest BCUT2D eigenvalue weighted by atomic mass is 79.9. The molecule has 2 aromatic rings. The highest BCUT2D eigenvalue weighted by Gasteiger charge is 2.07. The van der Waals surface area contributed by atoms with Gasteiger partial charge in [0.1, 0.15) is 4.47 Å². The van der Waals surface area contributed by atoms with E-state index in [-0.39, 0.29) is 5.56 Å². The highest BCUT2D eigenvalue weighted by molar-refractivity contribution is 9.10. The molecule has 0 amide bonds. The molecule has 0 bridgehead atoms. The van der Waals surface area contributed by atoms with Gasteiger partial charge in [-0.1, -0.05) is 29.8 Å². The van der Waals surface area contributed by atoms with Crippen LogP contribution in [0.4, 0.5) is 5.69 Å². The van der Waals surface area contributed by atoms with Gasteiger partial charge in [-0.2, -0.15) is 5.10 Å². The maximum Gasteiger partial charge on any atom is 0.283 e. The predicted octanol–water partition coefficient (Wildman–Crippen LogP) is 2.99. The van der Waals surface area contributed by atoms with Crippen LogP contribution in [0.25, 0.3) is 0 Å². The van der Waals surface area contributed by atoms with E-state index in [0.29, 0.717) is 11.0 Å². The summed E-state index contributed by atoms with van der Waals surface area (Å²) in [6.07, 6.45) is 2.59. The minimum atomic E-state index is -0.104. The van der Waals surface area contributed by atoms with Gasteiger partial charge in [-0.3, -0.25) is 4.79 Å². The number of nitrogens with zero attached hydrogens (tertiary/aromatic N) is 2. The SMILES string of the molecule is CCn1ncc(NCCc2cccc(C)c2)c(Br)c1=O. The molecule has 0 fully saturated rings. The lowest BCUT2D eigenvalue weighted by Gasteiger charge is -2.09.